The van der Waals surface area contributed by atoms with Gasteiger partial charge in [0.1, 0.15) is 0 Å². The Morgan fingerprint density at radius 1 is 1.00 bits per heavy atom. The van der Waals surface area contributed by atoms with E-state index in [1.807, 2.05) is 36.4 Å². The quantitative estimate of drug-likeness (QED) is 0.812. The molecule has 124 valence electrons. The summed E-state index contributed by atoms with van der Waals surface area (Å²) in [4.78, 5) is 2.24. The smallest absolute Gasteiger partial charge is 0.161 e. The molecule has 0 aliphatic heterocycles. The first kappa shape index (κ1) is 17.3. The molecule has 1 unspecified atom stereocenters. The molecule has 0 aliphatic rings. The van der Waals surface area contributed by atoms with Gasteiger partial charge in [-0.05, 0) is 36.7 Å². The van der Waals surface area contributed by atoms with Crippen LogP contribution in [0.2, 0.25) is 0 Å². The first-order valence-corrected chi connectivity index (χ1v) is 7.76. The van der Waals surface area contributed by atoms with Crippen molar-refractivity contribution in [2.24, 2.45) is 0 Å². The van der Waals surface area contributed by atoms with Crippen molar-refractivity contribution in [3.05, 3.63) is 59.7 Å². The van der Waals surface area contributed by atoms with Crippen molar-refractivity contribution in [3.63, 3.8) is 0 Å². The van der Waals surface area contributed by atoms with Gasteiger partial charge in [-0.3, -0.25) is 4.90 Å². The maximum absolute atomic E-state index is 9.40. The standard InChI is InChI=1S/C19H25NO3/c1-20(17(11-12-21)16-7-5-4-6-8-16)14-15-9-10-18(22-2)19(13-15)23-3/h4-10,13,17,21H,11-12,14H2,1-3H3. The van der Waals surface area contributed by atoms with Gasteiger partial charge in [-0.15, -0.1) is 0 Å². The number of benzene rings is 2. The average molecular weight is 315 g/mol. The fourth-order valence-electron chi connectivity index (χ4n) is 2.82. The Morgan fingerprint density at radius 3 is 2.30 bits per heavy atom. The predicted molar refractivity (Wildman–Crippen MR) is 91.9 cm³/mol. The van der Waals surface area contributed by atoms with Crippen molar-refractivity contribution in [1.29, 1.82) is 0 Å². The maximum atomic E-state index is 9.40. The van der Waals surface area contributed by atoms with Crippen LogP contribution in [0.1, 0.15) is 23.6 Å². The molecule has 2 rings (SSSR count). The number of hydrogen-bond donors (Lipinski definition) is 1. The van der Waals surface area contributed by atoms with Gasteiger partial charge >= 0.3 is 0 Å². The minimum atomic E-state index is 0.163. The van der Waals surface area contributed by atoms with Crippen LogP contribution in [0.3, 0.4) is 0 Å². The Labute approximate surface area is 138 Å². The lowest BCUT2D eigenvalue weighted by molar-refractivity contribution is 0.180. The van der Waals surface area contributed by atoms with E-state index >= 15 is 0 Å². The van der Waals surface area contributed by atoms with Crippen LogP contribution in [0, 0.1) is 0 Å². The predicted octanol–water partition coefficient (Wildman–Crippen LogP) is 3.26. The second-order valence-corrected chi connectivity index (χ2v) is 5.54. The first-order valence-electron chi connectivity index (χ1n) is 7.76. The molecule has 0 amide bonds. The monoisotopic (exact) mass is 315 g/mol. The van der Waals surface area contributed by atoms with Crippen LogP contribution < -0.4 is 9.47 Å². The van der Waals surface area contributed by atoms with Crippen LogP contribution >= 0.6 is 0 Å². The van der Waals surface area contributed by atoms with Crippen molar-refractivity contribution in [3.8, 4) is 11.5 Å². The summed E-state index contributed by atoms with van der Waals surface area (Å²) in [6.45, 7) is 0.926. The van der Waals surface area contributed by atoms with Crippen molar-refractivity contribution < 1.29 is 14.6 Å². The number of methoxy groups -OCH3 is 2. The Bertz CT molecular complexity index is 601. The van der Waals surface area contributed by atoms with E-state index in [1.54, 1.807) is 14.2 Å². The molecule has 1 atom stereocenters. The zero-order valence-corrected chi connectivity index (χ0v) is 14.0. The van der Waals surface area contributed by atoms with E-state index in [4.69, 9.17) is 9.47 Å². The van der Waals surface area contributed by atoms with Crippen LogP contribution in [0.5, 0.6) is 11.5 Å². The third kappa shape index (κ3) is 4.47. The summed E-state index contributed by atoms with van der Waals surface area (Å²) in [5.74, 6) is 1.46. The molecule has 0 heterocycles. The summed E-state index contributed by atoms with van der Waals surface area (Å²) in [6.07, 6.45) is 0.702. The lowest BCUT2D eigenvalue weighted by Gasteiger charge is -2.28. The van der Waals surface area contributed by atoms with Crippen molar-refractivity contribution >= 4 is 0 Å². The fourth-order valence-corrected chi connectivity index (χ4v) is 2.82. The molecule has 0 aromatic heterocycles. The highest BCUT2D eigenvalue weighted by molar-refractivity contribution is 5.42. The van der Waals surface area contributed by atoms with E-state index in [0.29, 0.717) is 6.42 Å². The second-order valence-electron chi connectivity index (χ2n) is 5.54. The number of aliphatic hydroxyl groups excluding tert-OH is 1. The minimum Gasteiger partial charge on any atom is -0.493 e. The van der Waals surface area contributed by atoms with E-state index in [1.165, 1.54) is 5.56 Å². The fraction of sp³-hybridized carbons (Fsp3) is 0.368. The molecule has 0 spiro atoms. The highest BCUT2D eigenvalue weighted by Crippen LogP contribution is 2.30. The van der Waals surface area contributed by atoms with E-state index in [0.717, 1.165) is 23.6 Å². The molecule has 4 nitrogen and oxygen atoms in total. The molecular formula is C19H25NO3. The lowest BCUT2D eigenvalue weighted by atomic mass is 10.0. The third-order valence-corrected chi connectivity index (χ3v) is 4.00. The lowest BCUT2D eigenvalue weighted by Crippen LogP contribution is -2.25. The van der Waals surface area contributed by atoms with Gasteiger partial charge < -0.3 is 14.6 Å². The van der Waals surface area contributed by atoms with Gasteiger partial charge in [-0.1, -0.05) is 36.4 Å². The molecule has 0 fully saturated rings. The molecule has 0 aliphatic carbocycles. The summed E-state index contributed by atoms with van der Waals surface area (Å²) in [7, 11) is 5.35. The summed E-state index contributed by atoms with van der Waals surface area (Å²) in [6, 6.07) is 16.4. The number of ether oxygens (including phenoxy) is 2. The van der Waals surface area contributed by atoms with Crippen LogP contribution in [0.15, 0.2) is 48.5 Å². The third-order valence-electron chi connectivity index (χ3n) is 4.00. The minimum absolute atomic E-state index is 0.163. The normalized spacial score (nSPS) is 12.2. The largest absolute Gasteiger partial charge is 0.493 e. The molecule has 0 saturated heterocycles. The van der Waals surface area contributed by atoms with Gasteiger partial charge in [0.05, 0.1) is 14.2 Å². The number of hydrogen-bond acceptors (Lipinski definition) is 4. The van der Waals surface area contributed by atoms with Gasteiger partial charge in [0.25, 0.3) is 0 Å². The highest BCUT2D eigenvalue weighted by Gasteiger charge is 2.17. The highest BCUT2D eigenvalue weighted by atomic mass is 16.5. The van der Waals surface area contributed by atoms with E-state index in [-0.39, 0.29) is 12.6 Å². The summed E-state index contributed by atoms with van der Waals surface area (Å²) in [5.41, 5.74) is 2.36. The number of nitrogens with zero attached hydrogens (tertiary/aromatic N) is 1. The topological polar surface area (TPSA) is 41.9 Å². The summed E-state index contributed by atoms with van der Waals surface area (Å²) < 4.78 is 10.6. The van der Waals surface area contributed by atoms with Crippen LogP contribution in [-0.2, 0) is 6.54 Å². The molecular weight excluding hydrogens is 290 g/mol. The van der Waals surface area contributed by atoms with E-state index in [9.17, 15) is 5.11 Å². The Hall–Kier alpha value is -2.04. The summed E-state index contributed by atoms with van der Waals surface area (Å²) in [5, 5.41) is 9.40. The average Bonchev–Trinajstić information content (AvgIpc) is 2.60. The molecule has 1 N–H and O–H groups in total. The molecule has 0 saturated carbocycles. The van der Waals surface area contributed by atoms with Gasteiger partial charge in [0.2, 0.25) is 0 Å². The van der Waals surface area contributed by atoms with Gasteiger partial charge in [-0.2, -0.15) is 0 Å². The van der Waals surface area contributed by atoms with E-state index < -0.39 is 0 Å². The first-order chi connectivity index (χ1) is 11.2. The van der Waals surface area contributed by atoms with Crippen molar-refractivity contribution in [1.82, 2.24) is 4.90 Å². The Balaban J connectivity index is 2.17. The zero-order chi connectivity index (χ0) is 16.7. The van der Waals surface area contributed by atoms with Crippen LogP contribution in [-0.4, -0.2) is 37.9 Å². The molecule has 0 radical (unpaired) electrons. The Morgan fingerprint density at radius 2 is 1.70 bits per heavy atom. The molecule has 2 aromatic rings. The molecule has 23 heavy (non-hydrogen) atoms. The van der Waals surface area contributed by atoms with Crippen molar-refractivity contribution in [2.45, 2.75) is 19.0 Å². The van der Waals surface area contributed by atoms with Crippen LogP contribution in [0.4, 0.5) is 0 Å². The molecule has 0 bridgehead atoms. The zero-order valence-electron chi connectivity index (χ0n) is 14.0. The van der Waals surface area contributed by atoms with E-state index in [2.05, 4.69) is 24.1 Å². The van der Waals surface area contributed by atoms with Gasteiger partial charge in [0.15, 0.2) is 11.5 Å². The van der Waals surface area contributed by atoms with Gasteiger partial charge in [-0.25, -0.2) is 0 Å². The summed E-state index contributed by atoms with van der Waals surface area (Å²) >= 11 is 0. The Kier molecular flexibility index (Phi) is 6.44. The van der Waals surface area contributed by atoms with Gasteiger partial charge in [0, 0.05) is 19.2 Å². The SMILES string of the molecule is COc1ccc(CN(C)C(CCO)c2ccccc2)cc1OC. The maximum Gasteiger partial charge on any atom is 0.161 e. The second kappa shape index (κ2) is 8.56. The van der Waals surface area contributed by atoms with Crippen LogP contribution in [0.25, 0.3) is 0 Å². The molecule has 4 heteroatoms. The molecule has 2 aromatic carbocycles. The van der Waals surface area contributed by atoms with Crippen molar-refractivity contribution in [2.75, 3.05) is 27.9 Å². The number of aliphatic hydroxyl groups is 1. The number of rotatable bonds is 8.